The van der Waals surface area contributed by atoms with Crippen molar-refractivity contribution >= 4 is 11.8 Å². The molecule has 6 nitrogen and oxygen atoms in total. The highest BCUT2D eigenvalue weighted by atomic mass is 16.5. The third kappa shape index (κ3) is 4.96. The molecule has 2 aromatic rings. The molecular weight excluding hydrogens is 478 g/mol. The van der Waals surface area contributed by atoms with Gasteiger partial charge in [0.25, 0.3) is 0 Å². The van der Waals surface area contributed by atoms with Gasteiger partial charge in [0.05, 0.1) is 19.8 Å². The van der Waals surface area contributed by atoms with E-state index in [4.69, 9.17) is 14.2 Å². The predicted octanol–water partition coefficient (Wildman–Crippen LogP) is 6.25. The summed E-state index contributed by atoms with van der Waals surface area (Å²) in [6, 6.07) is 13.9. The molecule has 2 aliphatic carbocycles. The second kappa shape index (κ2) is 11.1. The number of carbonyl (C=O) groups excluding carboxylic acids is 2. The van der Waals surface area contributed by atoms with Gasteiger partial charge in [0.2, 0.25) is 0 Å². The SMILES string of the molecule is COc1ccc([C@H]2CC(=O)C3=C(C2)NC(C)=C(C(=O)OC2CCCCC2)[C@@H]3c2ccccc2C)cc1OC. The standard InChI is InChI=1S/C32H37NO5/c1-19-10-8-9-13-24(19)30-29(32(35)38-23-11-6-5-7-12-23)20(2)33-25-16-22(17-26(34)31(25)30)21-14-15-27(36-3)28(18-21)37-4/h8-10,13-15,18,22-23,30,33H,5-7,11-12,16-17H2,1-4H3/t22-,30+/m1/s1. The van der Waals surface area contributed by atoms with Gasteiger partial charge in [-0.05, 0) is 80.7 Å². The van der Waals surface area contributed by atoms with E-state index in [9.17, 15) is 9.59 Å². The third-order valence-electron chi connectivity index (χ3n) is 8.25. The van der Waals surface area contributed by atoms with Gasteiger partial charge < -0.3 is 19.5 Å². The highest BCUT2D eigenvalue weighted by Crippen LogP contribution is 2.47. The summed E-state index contributed by atoms with van der Waals surface area (Å²) >= 11 is 0. The van der Waals surface area contributed by atoms with Crippen LogP contribution in [-0.4, -0.2) is 32.1 Å². The minimum Gasteiger partial charge on any atom is -0.493 e. The van der Waals surface area contributed by atoms with Crippen LogP contribution in [-0.2, 0) is 14.3 Å². The lowest BCUT2D eigenvalue weighted by Crippen LogP contribution is -2.37. The number of nitrogens with one attached hydrogen (secondary N) is 1. The summed E-state index contributed by atoms with van der Waals surface area (Å²) in [6.45, 7) is 3.97. The second-order valence-corrected chi connectivity index (χ2v) is 10.7. The molecule has 3 aliphatic rings. The molecule has 0 saturated heterocycles. The van der Waals surface area contributed by atoms with Crippen LogP contribution in [0.3, 0.4) is 0 Å². The van der Waals surface area contributed by atoms with Crippen molar-refractivity contribution in [3.8, 4) is 11.5 Å². The zero-order chi connectivity index (χ0) is 26.8. The van der Waals surface area contributed by atoms with Gasteiger partial charge in [-0.15, -0.1) is 0 Å². The van der Waals surface area contributed by atoms with Gasteiger partial charge in [0.15, 0.2) is 17.3 Å². The number of hydrogen-bond donors (Lipinski definition) is 1. The van der Waals surface area contributed by atoms with E-state index in [1.54, 1.807) is 14.2 Å². The summed E-state index contributed by atoms with van der Waals surface area (Å²) in [5.41, 5.74) is 5.96. The first-order valence-corrected chi connectivity index (χ1v) is 13.6. The molecule has 0 aromatic heterocycles. The monoisotopic (exact) mass is 515 g/mol. The Balaban J connectivity index is 1.52. The summed E-state index contributed by atoms with van der Waals surface area (Å²) < 4.78 is 17.0. The topological polar surface area (TPSA) is 73.9 Å². The van der Waals surface area contributed by atoms with Crippen LogP contribution < -0.4 is 14.8 Å². The molecule has 200 valence electrons. The maximum atomic E-state index is 13.9. The summed E-state index contributed by atoms with van der Waals surface area (Å²) in [4.78, 5) is 27.6. The van der Waals surface area contributed by atoms with Crippen molar-refractivity contribution in [2.75, 3.05) is 14.2 Å². The van der Waals surface area contributed by atoms with Crippen molar-refractivity contribution in [2.45, 2.75) is 76.7 Å². The minimum absolute atomic E-state index is 0.00498. The van der Waals surface area contributed by atoms with E-state index in [0.717, 1.165) is 53.8 Å². The molecule has 1 N–H and O–H groups in total. The van der Waals surface area contributed by atoms with Gasteiger partial charge in [-0.25, -0.2) is 4.79 Å². The zero-order valence-electron chi connectivity index (χ0n) is 22.8. The molecule has 0 amide bonds. The Labute approximate surface area is 225 Å². The molecular formula is C32H37NO5. The molecule has 1 heterocycles. The van der Waals surface area contributed by atoms with Crippen LogP contribution >= 0.6 is 0 Å². The number of benzene rings is 2. The maximum Gasteiger partial charge on any atom is 0.337 e. The molecule has 1 saturated carbocycles. The molecule has 0 bridgehead atoms. The van der Waals surface area contributed by atoms with Crippen molar-refractivity contribution in [2.24, 2.45) is 0 Å². The Kier molecular flexibility index (Phi) is 7.59. The first-order chi connectivity index (χ1) is 18.4. The second-order valence-electron chi connectivity index (χ2n) is 10.7. The number of Topliss-reactive ketones (excluding diaryl/α,β-unsaturated/α-hetero) is 1. The first-order valence-electron chi connectivity index (χ1n) is 13.6. The normalized spacial score (nSPS) is 22.1. The Bertz CT molecular complexity index is 1300. The van der Waals surface area contributed by atoms with Crippen molar-refractivity contribution in [1.82, 2.24) is 5.32 Å². The number of allylic oxidation sites excluding steroid dienone is 3. The maximum absolute atomic E-state index is 13.9. The van der Waals surface area contributed by atoms with Crippen LogP contribution in [0.5, 0.6) is 11.5 Å². The number of ketones is 1. The van der Waals surface area contributed by atoms with Gasteiger partial charge >= 0.3 is 5.97 Å². The molecule has 2 aromatic carbocycles. The van der Waals surface area contributed by atoms with E-state index >= 15 is 0 Å². The number of hydrogen-bond acceptors (Lipinski definition) is 6. The number of aryl methyl sites for hydroxylation is 1. The van der Waals surface area contributed by atoms with Crippen LogP contribution in [0.4, 0.5) is 0 Å². The van der Waals surface area contributed by atoms with Gasteiger partial charge in [-0.3, -0.25) is 4.79 Å². The van der Waals surface area contributed by atoms with Gasteiger partial charge in [-0.1, -0.05) is 36.8 Å². The van der Waals surface area contributed by atoms with E-state index in [0.29, 0.717) is 35.5 Å². The number of ether oxygens (including phenoxy) is 3. The van der Waals surface area contributed by atoms with Crippen molar-refractivity contribution in [1.29, 1.82) is 0 Å². The van der Waals surface area contributed by atoms with Gasteiger partial charge in [-0.2, -0.15) is 0 Å². The molecule has 1 aliphatic heterocycles. The van der Waals surface area contributed by atoms with Crippen molar-refractivity contribution < 1.29 is 23.8 Å². The Hall–Kier alpha value is -3.54. The Morgan fingerprint density at radius 3 is 2.37 bits per heavy atom. The fraction of sp³-hybridized carbons (Fsp3) is 0.438. The lowest BCUT2D eigenvalue weighted by molar-refractivity contribution is -0.146. The van der Waals surface area contributed by atoms with E-state index in [2.05, 4.69) is 5.32 Å². The van der Waals surface area contributed by atoms with E-state index in [1.807, 2.05) is 56.3 Å². The smallest absolute Gasteiger partial charge is 0.337 e. The van der Waals surface area contributed by atoms with Crippen LogP contribution in [0, 0.1) is 6.92 Å². The Morgan fingerprint density at radius 1 is 0.921 bits per heavy atom. The van der Waals surface area contributed by atoms with Crippen LogP contribution in [0.15, 0.2) is 65.0 Å². The van der Waals surface area contributed by atoms with E-state index in [1.165, 1.54) is 6.42 Å². The predicted molar refractivity (Wildman–Crippen MR) is 146 cm³/mol. The summed E-state index contributed by atoms with van der Waals surface area (Å²) in [5, 5.41) is 3.47. The molecule has 38 heavy (non-hydrogen) atoms. The molecule has 5 rings (SSSR count). The highest BCUT2D eigenvalue weighted by molar-refractivity contribution is 6.04. The number of esters is 1. The lowest BCUT2D eigenvalue weighted by atomic mass is 9.71. The molecule has 6 heteroatoms. The first kappa shape index (κ1) is 26.1. The minimum atomic E-state index is -0.442. The van der Waals surface area contributed by atoms with Crippen LogP contribution in [0.2, 0.25) is 0 Å². The van der Waals surface area contributed by atoms with Crippen molar-refractivity contribution in [3.63, 3.8) is 0 Å². The Morgan fingerprint density at radius 2 is 1.66 bits per heavy atom. The largest absolute Gasteiger partial charge is 0.493 e. The number of dihydropyridines is 1. The zero-order valence-corrected chi connectivity index (χ0v) is 22.8. The van der Waals surface area contributed by atoms with Crippen LogP contribution in [0.1, 0.15) is 80.4 Å². The third-order valence-corrected chi connectivity index (χ3v) is 8.25. The highest BCUT2D eigenvalue weighted by Gasteiger charge is 2.42. The van der Waals surface area contributed by atoms with Crippen LogP contribution in [0.25, 0.3) is 0 Å². The molecule has 0 spiro atoms. The molecule has 0 radical (unpaired) electrons. The summed E-state index contributed by atoms with van der Waals surface area (Å²) in [7, 11) is 3.23. The number of rotatable bonds is 6. The molecule has 0 unspecified atom stereocenters. The summed E-state index contributed by atoms with van der Waals surface area (Å²) in [5.74, 6) is 0.611. The summed E-state index contributed by atoms with van der Waals surface area (Å²) in [6.07, 6.45) is 6.14. The fourth-order valence-corrected chi connectivity index (χ4v) is 6.27. The molecule has 1 fully saturated rings. The lowest BCUT2D eigenvalue weighted by Gasteiger charge is -2.37. The number of methoxy groups -OCH3 is 2. The quantitative estimate of drug-likeness (QED) is 0.459. The average Bonchev–Trinajstić information content (AvgIpc) is 2.92. The van der Waals surface area contributed by atoms with E-state index in [-0.39, 0.29) is 23.8 Å². The van der Waals surface area contributed by atoms with Gasteiger partial charge in [0, 0.05) is 29.3 Å². The average molecular weight is 516 g/mol. The fourth-order valence-electron chi connectivity index (χ4n) is 6.27. The van der Waals surface area contributed by atoms with Crippen molar-refractivity contribution in [3.05, 3.63) is 81.7 Å². The van der Waals surface area contributed by atoms with Gasteiger partial charge in [0.1, 0.15) is 6.10 Å². The number of carbonyl (C=O) groups is 2. The molecule has 2 atom stereocenters. The van der Waals surface area contributed by atoms with E-state index < -0.39 is 5.92 Å².